The van der Waals surface area contributed by atoms with Crippen molar-refractivity contribution in [2.75, 3.05) is 0 Å². The SMILES string of the molecule is C[C@H](NC(c1ccccc1)c1ccccc1)C(=O)NC(=O)NC1CCCCC1. The standard InChI is InChI=1S/C23H29N3O2/c1-17(22(27)26-23(28)25-20-15-9-4-10-16-20)24-21(18-11-5-2-6-12-18)19-13-7-3-8-14-19/h2-3,5-8,11-14,17,20-21,24H,4,9-10,15-16H2,1H3,(H2,25,26,27,28)/t17-/m0/s1. The number of urea groups is 1. The van der Waals surface area contributed by atoms with Gasteiger partial charge in [-0.1, -0.05) is 79.9 Å². The Morgan fingerprint density at radius 1 is 0.857 bits per heavy atom. The second-order valence-corrected chi connectivity index (χ2v) is 7.44. The van der Waals surface area contributed by atoms with Crippen molar-refractivity contribution in [3.05, 3.63) is 71.8 Å². The smallest absolute Gasteiger partial charge is 0.321 e. The third-order valence-corrected chi connectivity index (χ3v) is 5.25. The second-order valence-electron chi connectivity index (χ2n) is 7.44. The van der Waals surface area contributed by atoms with Crippen molar-refractivity contribution in [3.63, 3.8) is 0 Å². The van der Waals surface area contributed by atoms with Gasteiger partial charge in [0.2, 0.25) is 5.91 Å². The van der Waals surface area contributed by atoms with Crippen LogP contribution in [0, 0.1) is 0 Å². The van der Waals surface area contributed by atoms with Crippen LogP contribution in [0.2, 0.25) is 0 Å². The van der Waals surface area contributed by atoms with Gasteiger partial charge >= 0.3 is 6.03 Å². The van der Waals surface area contributed by atoms with Crippen LogP contribution >= 0.6 is 0 Å². The lowest BCUT2D eigenvalue weighted by Crippen LogP contribution is -2.51. The summed E-state index contributed by atoms with van der Waals surface area (Å²) in [4.78, 5) is 24.7. The minimum absolute atomic E-state index is 0.135. The maximum atomic E-state index is 12.6. The Morgan fingerprint density at radius 3 is 1.93 bits per heavy atom. The number of hydrogen-bond acceptors (Lipinski definition) is 3. The first kappa shape index (κ1) is 20.1. The van der Waals surface area contributed by atoms with Crippen LogP contribution in [-0.2, 0) is 4.79 Å². The van der Waals surface area contributed by atoms with E-state index in [1.165, 1.54) is 6.42 Å². The molecule has 0 heterocycles. The van der Waals surface area contributed by atoms with E-state index in [0.29, 0.717) is 0 Å². The van der Waals surface area contributed by atoms with Crippen molar-refractivity contribution in [2.45, 2.75) is 57.2 Å². The van der Waals surface area contributed by atoms with E-state index in [1.54, 1.807) is 6.92 Å². The summed E-state index contributed by atoms with van der Waals surface area (Å²) in [6.07, 6.45) is 5.46. The Labute approximate surface area is 166 Å². The van der Waals surface area contributed by atoms with E-state index in [0.717, 1.165) is 36.8 Å². The van der Waals surface area contributed by atoms with E-state index in [2.05, 4.69) is 16.0 Å². The molecule has 0 aromatic heterocycles. The molecule has 2 aromatic carbocycles. The fraction of sp³-hybridized carbons (Fsp3) is 0.391. The molecule has 28 heavy (non-hydrogen) atoms. The molecule has 5 heteroatoms. The molecule has 0 spiro atoms. The van der Waals surface area contributed by atoms with Gasteiger partial charge in [0.25, 0.3) is 0 Å². The average molecular weight is 380 g/mol. The zero-order valence-corrected chi connectivity index (χ0v) is 16.4. The average Bonchev–Trinajstić information content (AvgIpc) is 2.73. The largest absolute Gasteiger partial charge is 0.335 e. The van der Waals surface area contributed by atoms with Gasteiger partial charge in [-0.15, -0.1) is 0 Å². The molecule has 0 aliphatic heterocycles. The maximum Gasteiger partial charge on any atom is 0.321 e. The quantitative estimate of drug-likeness (QED) is 0.713. The van der Waals surface area contributed by atoms with E-state index in [4.69, 9.17) is 0 Å². The molecular weight excluding hydrogens is 350 g/mol. The molecular formula is C23H29N3O2. The second kappa shape index (κ2) is 10.0. The number of amides is 3. The maximum absolute atomic E-state index is 12.6. The first-order chi connectivity index (χ1) is 13.6. The molecule has 1 saturated carbocycles. The number of carbonyl (C=O) groups excluding carboxylic acids is 2. The lowest BCUT2D eigenvalue weighted by molar-refractivity contribution is -0.121. The number of nitrogens with one attached hydrogen (secondary N) is 3. The number of hydrogen-bond donors (Lipinski definition) is 3. The van der Waals surface area contributed by atoms with Crippen LogP contribution in [0.15, 0.2) is 60.7 Å². The Morgan fingerprint density at radius 2 is 1.39 bits per heavy atom. The number of benzene rings is 2. The molecule has 3 rings (SSSR count). The summed E-state index contributed by atoms with van der Waals surface area (Å²) in [7, 11) is 0. The summed E-state index contributed by atoms with van der Waals surface area (Å²) < 4.78 is 0. The van der Waals surface area contributed by atoms with Crippen LogP contribution in [0.5, 0.6) is 0 Å². The molecule has 2 aromatic rings. The number of rotatable bonds is 6. The molecule has 1 fully saturated rings. The van der Waals surface area contributed by atoms with Crippen LogP contribution in [-0.4, -0.2) is 24.0 Å². The van der Waals surface area contributed by atoms with E-state index in [9.17, 15) is 9.59 Å². The zero-order valence-electron chi connectivity index (χ0n) is 16.4. The summed E-state index contributed by atoms with van der Waals surface area (Å²) in [5.41, 5.74) is 2.14. The van der Waals surface area contributed by atoms with Gasteiger partial charge in [-0.25, -0.2) is 4.79 Å². The van der Waals surface area contributed by atoms with Crippen molar-refractivity contribution >= 4 is 11.9 Å². The van der Waals surface area contributed by atoms with Crippen LogP contribution < -0.4 is 16.0 Å². The molecule has 0 bridgehead atoms. The van der Waals surface area contributed by atoms with Gasteiger partial charge in [-0.2, -0.15) is 0 Å². The Hall–Kier alpha value is -2.66. The molecule has 5 nitrogen and oxygen atoms in total. The van der Waals surface area contributed by atoms with Crippen molar-refractivity contribution in [1.82, 2.24) is 16.0 Å². The minimum atomic E-state index is -0.525. The highest BCUT2D eigenvalue weighted by Crippen LogP contribution is 2.22. The van der Waals surface area contributed by atoms with Gasteiger partial charge in [0.05, 0.1) is 12.1 Å². The molecule has 0 unspecified atom stereocenters. The minimum Gasteiger partial charge on any atom is -0.335 e. The van der Waals surface area contributed by atoms with Crippen molar-refractivity contribution < 1.29 is 9.59 Å². The fourth-order valence-corrected chi connectivity index (χ4v) is 3.69. The topological polar surface area (TPSA) is 70.2 Å². The Bertz CT molecular complexity index is 718. The highest BCUT2D eigenvalue weighted by Gasteiger charge is 2.23. The molecule has 0 saturated heterocycles. The van der Waals surface area contributed by atoms with E-state index in [-0.39, 0.29) is 18.0 Å². The van der Waals surface area contributed by atoms with Crippen LogP contribution in [0.25, 0.3) is 0 Å². The van der Waals surface area contributed by atoms with Gasteiger partial charge in [-0.05, 0) is 30.9 Å². The summed E-state index contributed by atoms with van der Waals surface area (Å²) in [5.74, 6) is -0.329. The third kappa shape index (κ3) is 5.67. The van der Waals surface area contributed by atoms with Crippen molar-refractivity contribution in [2.24, 2.45) is 0 Å². The van der Waals surface area contributed by atoms with Crippen LogP contribution in [0.3, 0.4) is 0 Å². The molecule has 148 valence electrons. The van der Waals surface area contributed by atoms with Crippen LogP contribution in [0.1, 0.15) is 56.2 Å². The first-order valence-electron chi connectivity index (χ1n) is 10.1. The fourth-order valence-electron chi connectivity index (χ4n) is 3.69. The van der Waals surface area contributed by atoms with Crippen molar-refractivity contribution in [1.29, 1.82) is 0 Å². The lowest BCUT2D eigenvalue weighted by Gasteiger charge is -2.25. The predicted molar refractivity (Wildman–Crippen MR) is 111 cm³/mol. The van der Waals surface area contributed by atoms with Gasteiger partial charge < -0.3 is 5.32 Å². The molecule has 0 radical (unpaired) electrons. The normalized spacial score (nSPS) is 15.8. The van der Waals surface area contributed by atoms with E-state index in [1.807, 2.05) is 60.7 Å². The van der Waals surface area contributed by atoms with Gasteiger partial charge in [0.1, 0.15) is 0 Å². The summed E-state index contributed by atoms with van der Waals surface area (Å²) in [6.45, 7) is 1.78. The first-order valence-corrected chi connectivity index (χ1v) is 10.1. The number of carbonyl (C=O) groups is 2. The highest BCUT2D eigenvalue weighted by atomic mass is 16.2. The summed E-state index contributed by atoms with van der Waals surface area (Å²) >= 11 is 0. The highest BCUT2D eigenvalue weighted by molar-refractivity contribution is 5.96. The van der Waals surface area contributed by atoms with Crippen molar-refractivity contribution in [3.8, 4) is 0 Å². The Balaban J connectivity index is 1.62. The lowest BCUT2D eigenvalue weighted by atomic mass is 9.96. The Kier molecular flexibility index (Phi) is 7.20. The summed E-state index contributed by atoms with van der Waals surface area (Å²) in [6, 6.07) is 19.1. The molecule has 3 N–H and O–H groups in total. The molecule has 3 amide bonds. The number of imide groups is 1. The summed E-state index contributed by atoms with van der Waals surface area (Å²) in [5, 5.41) is 8.77. The molecule has 1 atom stereocenters. The molecule has 1 aliphatic carbocycles. The van der Waals surface area contributed by atoms with E-state index < -0.39 is 12.1 Å². The molecule has 1 aliphatic rings. The predicted octanol–water partition coefficient (Wildman–Crippen LogP) is 3.91. The van der Waals surface area contributed by atoms with E-state index >= 15 is 0 Å². The van der Waals surface area contributed by atoms with Gasteiger partial charge in [0, 0.05) is 6.04 Å². The van der Waals surface area contributed by atoms with Crippen LogP contribution in [0.4, 0.5) is 4.79 Å². The third-order valence-electron chi connectivity index (χ3n) is 5.25. The zero-order chi connectivity index (χ0) is 19.8. The monoisotopic (exact) mass is 379 g/mol. The van der Waals surface area contributed by atoms with Gasteiger partial charge in [0.15, 0.2) is 0 Å². The van der Waals surface area contributed by atoms with Gasteiger partial charge in [-0.3, -0.25) is 15.4 Å².